The zero-order chi connectivity index (χ0) is 17.9. The molecule has 4 fully saturated rings. The number of carbonyl (C=O) groups excluding carboxylic acids is 1. The highest BCUT2D eigenvalue weighted by atomic mass is 16.2. The van der Waals surface area contributed by atoms with E-state index in [-0.39, 0.29) is 11.4 Å². The Morgan fingerprint density at radius 1 is 1.27 bits per heavy atom. The molecule has 0 spiro atoms. The Hall–Kier alpha value is -2.21. The van der Waals surface area contributed by atoms with Crippen LogP contribution in [0.4, 0.5) is 0 Å². The van der Waals surface area contributed by atoms with Crippen molar-refractivity contribution < 1.29 is 4.79 Å². The van der Waals surface area contributed by atoms with E-state index in [9.17, 15) is 4.79 Å². The van der Waals surface area contributed by atoms with E-state index < -0.39 is 0 Å². The fraction of sp³-hybridized carbons (Fsp3) is 0.550. The van der Waals surface area contributed by atoms with Crippen LogP contribution in [0.5, 0.6) is 0 Å². The Bertz CT molecular complexity index is 853. The van der Waals surface area contributed by atoms with Gasteiger partial charge < -0.3 is 9.80 Å². The lowest BCUT2D eigenvalue weighted by Gasteiger charge is -2.38. The zero-order valence-corrected chi connectivity index (χ0v) is 15.4. The number of aromatic nitrogens is 3. The van der Waals surface area contributed by atoms with Gasteiger partial charge in [0.1, 0.15) is 0 Å². The number of hydrogen-bond acceptors (Lipinski definition) is 4. The molecular formula is C20H25N5O. The van der Waals surface area contributed by atoms with Crippen molar-refractivity contribution in [3.05, 3.63) is 41.7 Å². The van der Waals surface area contributed by atoms with Gasteiger partial charge in [-0.1, -0.05) is 11.3 Å². The first-order chi connectivity index (χ1) is 12.5. The Morgan fingerprint density at radius 2 is 2.12 bits per heavy atom. The molecule has 1 aliphatic carbocycles. The number of hydrogen-bond donors (Lipinski definition) is 0. The SMILES string of the molecule is CN1CCC(c2cn(-c3cccc(C(=O)N4CC5CC4(C)C5)c3)nn2)C1. The van der Waals surface area contributed by atoms with Crippen molar-refractivity contribution >= 4 is 5.91 Å². The zero-order valence-electron chi connectivity index (χ0n) is 15.4. The van der Waals surface area contributed by atoms with E-state index in [2.05, 4.69) is 34.1 Å². The standard InChI is InChI=1S/C20H25N5O/c1-20-9-14(10-20)11-24(20)19(26)15-4-3-5-17(8-15)25-13-18(21-22-25)16-6-7-23(2)12-16/h3-5,8,13-14,16H,6-7,9-12H2,1-2H3. The Balaban J connectivity index is 1.38. The first-order valence-corrected chi connectivity index (χ1v) is 9.55. The van der Waals surface area contributed by atoms with Gasteiger partial charge in [0.15, 0.2) is 0 Å². The minimum absolute atomic E-state index is 0.0761. The van der Waals surface area contributed by atoms with Crippen molar-refractivity contribution in [2.45, 2.75) is 37.6 Å². The van der Waals surface area contributed by atoms with Crippen molar-refractivity contribution in [1.82, 2.24) is 24.8 Å². The van der Waals surface area contributed by atoms with Gasteiger partial charge in [0.05, 0.1) is 17.6 Å². The summed E-state index contributed by atoms with van der Waals surface area (Å²) < 4.78 is 1.80. The number of benzene rings is 1. The summed E-state index contributed by atoms with van der Waals surface area (Å²) in [4.78, 5) is 17.4. The van der Waals surface area contributed by atoms with Gasteiger partial charge in [-0.05, 0) is 63.9 Å². The van der Waals surface area contributed by atoms with Crippen molar-refractivity contribution in [1.29, 1.82) is 0 Å². The van der Waals surface area contributed by atoms with Crippen LogP contribution in [-0.4, -0.2) is 62.9 Å². The molecule has 1 unspecified atom stereocenters. The van der Waals surface area contributed by atoms with Crippen LogP contribution in [-0.2, 0) is 0 Å². The summed E-state index contributed by atoms with van der Waals surface area (Å²) in [6.45, 7) is 5.26. The van der Waals surface area contributed by atoms with Crippen LogP contribution in [0, 0.1) is 5.92 Å². The molecule has 6 heteroatoms. The molecule has 0 N–H and O–H groups in total. The molecule has 2 bridgehead atoms. The molecule has 6 rings (SSSR count). The highest BCUT2D eigenvalue weighted by molar-refractivity contribution is 5.95. The summed E-state index contributed by atoms with van der Waals surface area (Å²) in [5.74, 6) is 1.30. The first kappa shape index (κ1) is 16.0. The van der Waals surface area contributed by atoms with E-state index in [0.29, 0.717) is 11.8 Å². The van der Waals surface area contributed by atoms with Crippen molar-refractivity contribution in [2.75, 3.05) is 26.7 Å². The normalized spacial score (nSPS) is 30.6. The lowest BCUT2D eigenvalue weighted by atomic mass is 9.75. The smallest absolute Gasteiger partial charge is 0.254 e. The second-order valence-corrected chi connectivity index (χ2v) is 8.57. The van der Waals surface area contributed by atoms with Gasteiger partial charge in [0, 0.05) is 30.1 Å². The average Bonchev–Trinajstić information content (AvgIpc) is 3.36. The molecule has 6 nitrogen and oxygen atoms in total. The fourth-order valence-electron chi connectivity index (χ4n) is 5.04. The third-order valence-electron chi connectivity index (χ3n) is 6.47. The number of likely N-dealkylation sites (tertiary alicyclic amines) is 1. The average molecular weight is 351 g/mol. The maximum atomic E-state index is 13.0. The highest BCUT2D eigenvalue weighted by Crippen LogP contribution is 2.50. The van der Waals surface area contributed by atoms with Gasteiger partial charge >= 0.3 is 0 Å². The lowest BCUT2D eigenvalue weighted by molar-refractivity contribution is 0.0611. The van der Waals surface area contributed by atoms with E-state index in [1.807, 2.05) is 30.5 Å². The number of carbonyl (C=O) groups is 1. The minimum Gasteiger partial charge on any atom is -0.333 e. The van der Waals surface area contributed by atoms with E-state index in [4.69, 9.17) is 0 Å². The van der Waals surface area contributed by atoms with Gasteiger partial charge in [0.2, 0.25) is 0 Å². The van der Waals surface area contributed by atoms with Crippen molar-refractivity contribution in [3.63, 3.8) is 0 Å². The predicted octanol–water partition coefficient (Wildman–Crippen LogP) is 2.31. The summed E-state index contributed by atoms with van der Waals surface area (Å²) >= 11 is 0. The van der Waals surface area contributed by atoms with Crippen molar-refractivity contribution in [3.8, 4) is 5.69 Å². The molecule has 3 aliphatic heterocycles. The Labute approximate surface area is 153 Å². The largest absolute Gasteiger partial charge is 0.333 e. The molecule has 2 aromatic rings. The van der Waals surface area contributed by atoms with Crippen molar-refractivity contribution in [2.24, 2.45) is 5.92 Å². The van der Waals surface area contributed by atoms with Crippen LogP contribution < -0.4 is 0 Å². The van der Waals surface area contributed by atoms with E-state index in [0.717, 1.165) is 55.8 Å². The molecule has 26 heavy (non-hydrogen) atoms. The summed E-state index contributed by atoms with van der Waals surface area (Å²) in [7, 11) is 2.14. The third kappa shape index (κ3) is 2.47. The lowest BCUT2D eigenvalue weighted by Crippen LogP contribution is -2.45. The minimum atomic E-state index is 0.0761. The molecule has 0 radical (unpaired) electrons. The molecule has 1 saturated carbocycles. The molecule has 4 heterocycles. The van der Waals surface area contributed by atoms with Gasteiger partial charge in [0.25, 0.3) is 5.91 Å². The number of amides is 1. The maximum Gasteiger partial charge on any atom is 0.254 e. The molecule has 1 atom stereocenters. The van der Waals surface area contributed by atoms with E-state index in [1.165, 1.54) is 0 Å². The van der Waals surface area contributed by atoms with Crippen LogP contribution in [0.15, 0.2) is 30.5 Å². The molecule has 1 aromatic heterocycles. The summed E-state index contributed by atoms with van der Waals surface area (Å²) in [6, 6.07) is 7.78. The molecular weight excluding hydrogens is 326 g/mol. The molecule has 4 aliphatic rings. The second-order valence-electron chi connectivity index (χ2n) is 8.57. The fourth-order valence-corrected chi connectivity index (χ4v) is 5.04. The number of rotatable bonds is 3. The van der Waals surface area contributed by atoms with Gasteiger partial charge in [-0.3, -0.25) is 4.79 Å². The number of nitrogens with zero attached hydrogens (tertiary/aromatic N) is 5. The summed E-state index contributed by atoms with van der Waals surface area (Å²) in [5.41, 5.74) is 2.76. The summed E-state index contributed by atoms with van der Waals surface area (Å²) in [5, 5.41) is 8.70. The van der Waals surface area contributed by atoms with Crippen LogP contribution in [0.3, 0.4) is 0 Å². The van der Waals surface area contributed by atoms with E-state index >= 15 is 0 Å². The quantitative estimate of drug-likeness (QED) is 0.852. The molecule has 1 amide bonds. The van der Waals surface area contributed by atoms with Gasteiger partial charge in [-0.2, -0.15) is 0 Å². The predicted molar refractivity (Wildman–Crippen MR) is 98.4 cm³/mol. The van der Waals surface area contributed by atoms with Crippen LogP contribution >= 0.6 is 0 Å². The monoisotopic (exact) mass is 351 g/mol. The van der Waals surface area contributed by atoms with Gasteiger partial charge in [-0.15, -0.1) is 5.10 Å². The third-order valence-corrected chi connectivity index (χ3v) is 6.47. The van der Waals surface area contributed by atoms with Crippen LogP contribution in [0.1, 0.15) is 48.2 Å². The molecule has 3 saturated heterocycles. The van der Waals surface area contributed by atoms with Crippen LogP contribution in [0.2, 0.25) is 0 Å². The molecule has 136 valence electrons. The van der Waals surface area contributed by atoms with Gasteiger partial charge in [-0.25, -0.2) is 4.68 Å². The highest BCUT2D eigenvalue weighted by Gasteiger charge is 2.54. The molecule has 1 aromatic carbocycles. The van der Waals surface area contributed by atoms with E-state index in [1.54, 1.807) is 4.68 Å². The maximum absolute atomic E-state index is 13.0. The first-order valence-electron chi connectivity index (χ1n) is 9.55. The topological polar surface area (TPSA) is 54.3 Å². The van der Waals surface area contributed by atoms with Crippen LogP contribution in [0.25, 0.3) is 5.69 Å². The Kier molecular flexibility index (Phi) is 3.47. The Morgan fingerprint density at radius 3 is 2.81 bits per heavy atom. The summed E-state index contributed by atoms with van der Waals surface area (Å²) in [6.07, 6.45) is 5.45. The second kappa shape index (κ2) is 5.64. The number of fused-ring (bicyclic) bond motifs is 1. The number of likely N-dealkylation sites (N-methyl/N-ethyl adjacent to an activating group) is 1.